The number of hydrogen-bond acceptors (Lipinski definition) is 1. The van der Waals surface area contributed by atoms with Crippen LogP contribution in [0, 0.1) is 5.92 Å². The molecular formula is C11H21N. The first-order valence-corrected chi connectivity index (χ1v) is 5.38. The zero-order valence-electron chi connectivity index (χ0n) is 8.64. The van der Waals surface area contributed by atoms with E-state index in [0.717, 1.165) is 5.92 Å². The van der Waals surface area contributed by atoms with Crippen molar-refractivity contribution in [1.82, 2.24) is 0 Å². The van der Waals surface area contributed by atoms with Crippen molar-refractivity contribution < 1.29 is 0 Å². The Balaban J connectivity index is 2.32. The molecule has 0 spiro atoms. The Morgan fingerprint density at radius 2 is 2.17 bits per heavy atom. The molecule has 0 heterocycles. The average molecular weight is 167 g/mol. The molecule has 0 aliphatic heterocycles. The van der Waals surface area contributed by atoms with E-state index in [1.54, 1.807) is 0 Å². The first-order valence-electron chi connectivity index (χ1n) is 5.38. The Morgan fingerprint density at radius 3 is 2.58 bits per heavy atom. The van der Waals surface area contributed by atoms with Crippen LogP contribution >= 0.6 is 0 Å². The second kappa shape index (κ2) is 4.64. The van der Waals surface area contributed by atoms with E-state index in [0.29, 0.717) is 6.04 Å². The average Bonchev–Trinajstić information content (AvgIpc) is 2.82. The van der Waals surface area contributed by atoms with Crippen LogP contribution in [0.25, 0.3) is 0 Å². The van der Waals surface area contributed by atoms with Crippen LogP contribution in [0.5, 0.6) is 0 Å². The van der Waals surface area contributed by atoms with Gasteiger partial charge in [-0.05, 0) is 25.7 Å². The third-order valence-electron chi connectivity index (χ3n) is 2.70. The number of hydrogen-bond donors (Lipinski definition) is 0. The highest BCUT2D eigenvalue weighted by atomic mass is 14.8. The number of rotatable bonds is 5. The Labute approximate surface area is 76.3 Å². The molecule has 0 bridgehead atoms. The van der Waals surface area contributed by atoms with E-state index in [1.807, 2.05) is 0 Å². The fourth-order valence-corrected chi connectivity index (χ4v) is 1.66. The first kappa shape index (κ1) is 9.76. The summed E-state index contributed by atoms with van der Waals surface area (Å²) >= 11 is 0. The van der Waals surface area contributed by atoms with Crippen LogP contribution in [0.2, 0.25) is 0 Å². The van der Waals surface area contributed by atoms with Gasteiger partial charge >= 0.3 is 0 Å². The third kappa shape index (κ3) is 2.62. The van der Waals surface area contributed by atoms with Crippen LogP contribution in [-0.2, 0) is 0 Å². The lowest BCUT2D eigenvalue weighted by Gasteiger charge is -2.06. The Kier molecular flexibility index (Phi) is 3.77. The highest BCUT2D eigenvalue weighted by molar-refractivity contribution is 6.01. The molecule has 2 atom stereocenters. The molecule has 12 heavy (non-hydrogen) atoms. The maximum absolute atomic E-state index is 4.77. The standard InChI is InChI=1S/C11H21N/c1-4-7-10(6-3)12-11-8-9(11)5-2/h9-10H,4-8H2,1-3H3. The van der Waals surface area contributed by atoms with Crippen molar-refractivity contribution in [2.45, 2.75) is 58.9 Å². The quantitative estimate of drug-likeness (QED) is 0.595. The lowest BCUT2D eigenvalue weighted by atomic mass is 10.1. The molecule has 0 aromatic carbocycles. The van der Waals surface area contributed by atoms with Gasteiger partial charge in [0.05, 0.1) is 0 Å². The van der Waals surface area contributed by atoms with Crippen LogP contribution in [0.4, 0.5) is 0 Å². The molecule has 1 saturated carbocycles. The van der Waals surface area contributed by atoms with Crippen molar-refractivity contribution in [1.29, 1.82) is 0 Å². The van der Waals surface area contributed by atoms with E-state index in [-0.39, 0.29) is 0 Å². The van der Waals surface area contributed by atoms with Gasteiger partial charge in [0.25, 0.3) is 0 Å². The molecule has 70 valence electrons. The van der Waals surface area contributed by atoms with Crippen molar-refractivity contribution in [3.63, 3.8) is 0 Å². The molecule has 1 aliphatic rings. The molecule has 1 rings (SSSR count). The second-order valence-electron chi connectivity index (χ2n) is 3.78. The van der Waals surface area contributed by atoms with E-state index >= 15 is 0 Å². The molecule has 1 aliphatic carbocycles. The molecule has 0 aromatic rings. The lowest BCUT2D eigenvalue weighted by Crippen LogP contribution is -2.02. The Hall–Kier alpha value is -0.330. The SMILES string of the molecule is CCCC(CC)N=C1CC1CC. The largest absolute Gasteiger partial charge is 0.291 e. The summed E-state index contributed by atoms with van der Waals surface area (Å²) in [6, 6.07) is 0.626. The summed E-state index contributed by atoms with van der Waals surface area (Å²) in [4.78, 5) is 4.77. The fourth-order valence-electron chi connectivity index (χ4n) is 1.66. The number of aliphatic imine (C=N–C) groups is 1. The summed E-state index contributed by atoms with van der Waals surface area (Å²) in [5.74, 6) is 0.857. The van der Waals surface area contributed by atoms with Crippen molar-refractivity contribution in [3.8, 4) is 0 Å². The molecule has 2 unspecified atom stereocenters. The van der Waals surface area contributed by atoms with Gasteiger partial charge in [-0.2, -0.15) is 0 Å². The van der Waals surface area contributed by atoms with E-state index in [2.05, 4.69) is 20.8 Å². The third-order valence-corrected chi connectivity index (χ3v) is 2.70. The minimum atomic E-state index is 0.626. The maximum Gasteiger partial charge on any atom is 0.0496 e. The fraction of sp³-hybridized carbons (Fsp3) is 0.909. The van der Waals surface area contributed by atoms with Gasteiger partial charge in [-0.15, -0.1) is 0 Å². The van der Waals surface area contributed by atoms with Crippen LogP contribution in [-0.4, -0.2) is 11.8 Å². The van der Waals surface area contributed by atoms with Gasteiger partial charge < -0.3 is 0 Å². The lowest BCUT2D eigenvalue weighted by molar-refractivity contribution is 0.589. The van der Waals surface area contributed by atoms with Crippen LogP contribution in [0.15, 0.2) is 4.99 Å². The highest BCUT2D eigenvalue weighted by Gasteiger charge is 2.29. The van der Waals surface area contributed by atoms with Crippen LogP contribution in [0.3, 0.4) is 0 Å². The molecule has 0 aromatic heterocycles. The van der Waals surface area contributed by atoms with Gasteiger partial charge in [-0.25, -0.2) is 0 Å². The summed E-state index contributed by atoms with van der Waals surface area (Å²) in [5, 5.41) is 0. The molecule has 0 N–H and O–H groups in total. The summed E-state index contributed by atoms with van der Waals surface area (Å²) < 4.78 is 0. The predicted molar refractivity (Wildman–Crippen MR) is 54.8 cm³/mol. The smallest absolute Gasteiger partial charge is 0.0496 e. The summed E-state index contributed by atoms with van der Waals surface area (Å²) in [6.45, 7) is 6.74. The van der Waals surface area contributed by atoms with Gasteiger partial charge in [0.2, 0.25) is 0 Å². The van der Waals surface area contributed by atoms with Gasteiger partial charge in [-0.1, -0.05) is 27.2 Å². The minimum absolute atomic E-state index is 0.626. The molecular weight excluding hydrogens is 146 g/mol. The molecule has 1 fully saturated rings. The highest BCUT2D eigenvalue weighted by Crippen LogP contribution is 2.30. The van der Waals surface area contributed by atoms with E-state index in [9.17, 15) is 0 Å². The molecule has 1 heteroatoms. The molecule has 1 nitrogen and oxygen atoms in total. The van der Waals surface area contributed by atoms with Crippen molar-refractivity contribution in [2.75, 3.05) is 0 Å². The normalized spacial score (nSPS) is 27.6. The maximum atomic E-state index is 4.77. The van der Waals surface area contributed by atoms with Gasteiger partial charge in [0.1, 0.15) is 0 Å². The van der Waals surface area contributed by atoms with E-state index in [4.69, 9.17) is 4.99 Å². The van der Waals surface area contributed by atoms with Gasteiger partial charge in [-0.3, -0.25) is 4.99 Å². The summed E-state index contributed by atoms with van der Waals surface area (Å²) in [7, 11) is 0. The zero-order chi connectivity index (χ0) is 8.97. The monoisotopic (exact) mass is 167 g/mol. The summed E-state index contributed by atoms with van der Waals surface area (Å²) in [5.41, 5.74) is 1.50. The summed E-state index contributed by atoms with van der Waals surface area (Å²) in [6.07, 6.45) is 6.34. The van der Waals surface area contributed by atoms with E-state index < -0.39 is 0 Å². The first-order chi connectivity index (χ1) is 5.81. The van der Waals surface area contributed by atoms with Crippen LogP contribution < -0.4 is 0 Å². The van der Waals surface area contributed by atoms with Crippen molar-refractivity contribution in [2.24, 2.45) is 10.9 Å². The predicted octanol–water partition coefficient (Wildman–Crippen LogP) is 3.44. The topological polar surface area (TPSA) is 12.4 Å². The molecule has 0 saturated heterocycles. The molecule has 0 radical (unpaired) electrons. The Bertz CT molecular complexity index is 160. The molecule has 0 amide bonds. The number of nitrogens with zero attached hydrogens (tertiary/aromatic N) is 1. The second-order valence-corrected chi connectivity index (χ2v) is 3.78. The Morgan fingerprint density at radius 1 is 1.42 bits per heavy atom. The zero-order valence-corrected chi connectivity index (χ0v) is 8.64. The van der Waals surface area contributed by atoms with Crippen LogP contribution in [0.1, 0.15) is 52.9 Å². The van der Waals surface area contributed by atoms with E-state index in [1.165, 1.54) is 37.8 Å². The van der Waals surface area contributed by atoms with Crippen molar-refractivity contribution in [3.05, 3.63) is 0 Å². The minimum Gasteiger partial charge on any atom is -0.291 e. The van der Waals surface area contributed by atoms with Gasteiger partial charge in [0, 0.05) is 17.7 Å². The van der Waals surface area contributed by atoms with Gasteiger partial charge in [0.15, 0.2) is 0 Å². The van der Waals surface area contributed by atoms with Crippen molar-refractivity contribution >= 4 is 5.71 Å².